The van der Waals surface area contributed by atoms with Crippen LogP contribution in [0.4, 0.5) is 17.1 Å². The Kier molecular flexibility index (Phi) is 6.05. The average Bonchev–Trinajstić information content (AvgIpc) is 2.70. The first-order chi connectivity index (χ1) is 13.9. The highest BCUT2D eigenvalue weighted by molar-refractivity contribution is 7.93. The third-order valence-electron chi connectivity index (χ3n) is 3.69. The largest absolute Gasteiger partial charge is 0.278 e. The molecule has 2 N–H and O–H groups in total. The lowest BCUT2D eigenvalue weighted by atomic mass is 10.3. The molecule has 148 valence electrons. The van der Waals surface area contributed by atoms with Gasteiger partial charge in [-0.15, -0.1) is 0 Å². The van der Waals surface area contributed by atoms with Crippen molar-refractivity contribution in [3.63, 3.8) is 0 Å². The van der Waals surface area contributed by atoms with Gasteiger partial charge >= 0.3 is 0 Å². The van der Waals surface area contributed by atoms with Gasteiger partial charge in [0.05, 0.1) is 27.5 Å². The van der Waals surface area contributed by atoms with Crippen LogP contribution in [-0.2, 0) is 10.0 Å². The molecule has 3 rings (SSSR count). The number of benzene rings is 2. The summed E-state index contributed by atoms with van der Waals surface area (Å²) in [6.45, 7) is 0. The first kappa shape index (κ1) is 20.2. The van der Waals surface area contributed by atoms with Crippen LogP contribution < -0.4 is 10.1 Å². The number of non-ortho nitro benzene ring substituents is 1. The summed E-state index contributed by atoms with van der Waals surface area (Å²) < 4.78 is 28.1. The number of anilines is 2. The van der Waals surface area contributed by atoms with E-state index in [4.69, 9.17) is 11.6 Å². The zero-order valence-electron chi connectivity index (χ0n) is 14.7. The first-order valence-electron chi connectivity index (χ1n) is 8.12. The lowest BCUT2D eigenvalue weighted by Gasteiger charge is -2.12. The number of nitro groups is 1. The SMILES string of the molecule is O=[N+]([O-])c1ccc(NN=Cc2ccncc2)c(S(=O)(=O)Nc2ccccc2Cl)c1. The molecule has 0 amide bonds. The van der Waals surface area contributed by atoms with Crippen molar-refractivity contribution in [3.05, 3.63) is 87.7 Å². The average molecular weight is 432 g/mol. The van der Waals surface area contributed by atoms with Crippen molar-refractivity contribution in [2.75, 3.05) is 10.1 Å². The van der Waals surface area contributed by atoms with E-state index in [0.717, 1.165) is 11.6 Å². The Morgan fingerprint density at radius 2 is 1.79 bits per heavy atom. The zero-order chi connectivity index (χ0) is 20.9. The second-order valence-electron chi connectivity index (χ2n) is 5.67. The second-order valence-corrected chi connectivity index (χ2v) is 7.73. The van der Waals surface area contributed by atoms with E-state index in [-0.39, 0.29) is 27.0 Å². The van der Waals surface area contributed by atoms with Gasteiger partial charge in [-0.2, -0.15) is 5.10 Å². The maximum atomic E-state index is 12.9. The van der Waals surface area contributed by atoms with Crippen LogP contribution in [-0.4, -0.2) is 24.5 Å². The number of hydrogen-bond donors (Lipinski definition) is 2. The molecule has 0 aliphatic heterocycles. The fraction of sp³-hybridized carbons (Fsp3) is 0. The summed E-state index contributed by atoms with van der Waals surface area (Å²) >= 11 is 6.01. The number of hydrogen-bond acceptors (Lipinski definition) is 7. The fourth-order valence-electron chi connectivity index (χ4n) is 2.31. The third kappa shape index (κ3) is 5.06. The third-order valence-corrected chi connectivity index (χ3v) is 5.42. The van der Waals surface area contributed by atoms with Gasteiger partial charge in [-0.25, -0.2) is 8.42 Å². The fourth-order valence-corrected chi connectivity index (χ4v) is 3.80. The summed E-state index contributed by atoms with van der Waals surface area (Å²) in [4.78, 5) is 14.0. The molecule has 0 fully saturated rings. The Bertz CT molecular complexity index is 1170. The minimum atomic E-state index is -4.20. The maximum Gasteiger partial charge on any atom is 0.270 e. The molecule has 0 aliphatic carbocycles. The Labute approximate surface area is 171 Å². The van der Waals surface area contributed by atoms with E-state index < -0.39 is 14.9 Å². The number of pyridine rings is 1. The van der Waals surface area contributed by atoms with E-state index in [1.165, 1.54) is 30.5 Å². The van der Waals surface area contributed by atoms with Gasteiger partial charge in [0.1, 0.15) is 4.90 Å². The molecule has 0 radical (unpaired) electrons. The number of nitrogens with one attached hydrogen (secondary N) is 2. The van der Waals surface area contributed by atoms with Crippen LogP contribution in [0.1, 0.15) is 5.56 Å². The first-order valence-corrected chi connectivity index (χ1v) is 9.98. The number of nitrogens with zero attached hydrogens (tertiary/aromatic N) is 3. The number of rotatable bonds is 7. The Balaban J connectivity index is 1.96. The number of hydrazone groups is 1. The van der Waals surface area contributed by atoms with E-state index in [1.54, 1.807) is 36.7 Å². The predicted molar refractivity (Wildman–Crippen MR) is 111 cm³/mol. The minimum Gasteiger partial charge on any atom is -0.278 e. The lowest BCUT2D eigenvalue weighted by molar-refractivity contribution is -0.385. The van der Waals surface area contributed by atoms with Gasteiger partial charge in [0, 0.05) is 24.5 Å². The highest BCUT2D eigenvalue weighted by Gasteiger charge is 2.23. The topological polar surface area (TPSA) is 127 Å². The summed E-state index contributed by atoms with van der Waals surface area (Å²) in [5.74, 6) is 0. The van der Waals surface area contributed by atoms with Gasteiger partial charge in [0.25, 0.3) is 15.7 Å². The van der Waals surface area contributed by atoms with Crippen LogP contribution in [0.5, 0.6) is 0 Å². The van der Waals surface area contributed by atoms with Gasteiger partial charge in [0.15, 0.2) is 0 Å². The quantitative estimate of drug-likeness (QED) is 0.332. The van der Waals surface area contributed by atoms with E-state index in [0.29, 0.717) is 0 Å². The summed E-state index contributed by atoms with van der Waals surface area (Å²) in [7, 11) is -4.20. The van der Waals surface area contributed by atoms with Crippen molar-refractivity contribution >= 4 is 44.9 Å². The standard InChI is InChI=1S/C18H14ClN5O4S/c19-15-3-1-2-4-16(15)23-29(27,28)18-11-14(24(25)26)5-6-17(18)22-21-12-13-7-9-20-10-8-13/h1-12,22-23H. The maximum absolute atomic E-state index is 12.9. The molecule has 1 heterocycles. The molecule has 11 heteroatoms. The van der Waals surface area contributed by atoms with Gasteiger partial charge in [-0.3, -0.25) is 25.2 Å². The normalized spacial score (nSPS) is 11.3. The molecule has 29 heavy (non-hydrogen) atoms. The zero-order valence-corrected chi connectivity index (χ0v) is 16.3. The lowest BCUT2D eigenvalue weighted by Crippen LogP contribution is -2.15. The summed E-state index contributed by atoms with van der Waals surface area (Å²) in [6.07, 6.45) is 4.62. The predicted octanol–water partition coefficient (Wildman–Crippen LogP) is 3.89. The van der Waals surface area contributed by atoms with Crippen LogP contribution in [0.2, 0.25) is 5.02 Å². The number of aromatic nitrogens is 1. The number of halogens is 1. The Morgan fingerprint density at radius 1 is 1.07 bits per heavy atom. The number of nitro benzene ring substituents is 1. The second kappa shape index (κ2) is 8.67. The van der Waals surface area contributed by atoms with Crippen LogP contribution in [0, 0.1) is 10.1 Å². The molecule has 0 aliphatic rings. The molecule has 9 nitrogen and oxygen atoms in total. The molecule has 3 aromatic rings. The van der Waals surface area contributed by atoms with Crippen LogP contribution in [0.3, 0.4) is 0 Å². The van der Waals surface area contributed by atoms with Crippen molar-refractivity contribution in [2.45, 2.75) is 4.90 Å². The van der Waals surface area contributed by atoms with Crippen molar-refractivity contribution in [1.82, 2.24) is 4.98 Å². The Hall–Kier alpha value is -3.50. The smallest absolute Gasteiger partial charge is 0.270 e. The molecule has 0 atom stereocenters. The molecular formula is C18H14ClN5O4S. The van der Waals surface area contributed by atoms with Crippen LogP contribution in [0.15, 0.2) is 77.0 Å². The summed E-state index contributed by atoms with van der Waals surface area (Å²) in [6, 6.07) is 13.1. The van der Waals surface area contributed by atoms with Gasteiger partial charge < -0.3 is 0 Å². The molecule has 0 saturated heterocycles. The van der Waals surface area contributed by atoms with Gasteiger partial charge in [0.2, 0.25) is 0 Å². The summed E-state index contributed by atoms with van der Waals surface area (Å²) in [5.41, 5.74) is 3.16. The molecule has 0 unspecified atom stereocenters. The molecule has 1 aromatic heterocycles. The van der Waals surface area contributed by atoms with E-state index in [2.05, 4.69) is 20.2 Å². The van der Waals surface area contributed by atoms with Crippen molar-refractivity contribution in [1.29, 1.82) is 0 Å². The number of para-hydroxylation sites is 1. The van der Waals surface area contributed by atoms with E-state index >= 15 is 0 Å². The monoisotopic (exact) mass is 431 g/mol. The van der Waals surface area contributed by atoms with Crippen molar-refractivity contribution < 1.29 is 13.3 Å². The molecule has 0 spiro atoms. The van der Waals surface area contributed by atoms with Crippen molar-refractivity contribution in [3.8, 4) is 0 Å². The minimum absolute atomic E-state index is 0.0560. The van der Waals surface area contributed by atoms with Crippen molar-refractivity contribution in [2.24, 2.45) is 5.10 Å². The molecular weight excluding hydrogens is 418 g/mol. The highest BCUT2D eigenvalue weighted by Crippen LogP contribution is 2.30. The van der Waals surface area contributed by atoms with Crippen LogP contribution >= 0.6 is 11.6 Å². The van der Waals surface area contributed by atoms with Gasteiger partial charge in [-0.1, -0.05) is 23.7 Å². The molecule has 0 bridgehead atoms. The Morgan fingerprint density at radius 3 is 2.48 bits per heavy atom. The van der Waals surface area contributed by atoms with E-state index in [1.807, 2.05) is 0 Å². The van der Waals surface area contributed by atoms with Crippen LogP contribution in [0.25, 0.3) is 0 Å². The highest BCUT2D eigenvalue weighted by atomic mass is 35.5. The van der Waals surface area contributed by atoms with E-state index in [9.17, 15) is 18.5 Å². The molecule has 2 aromatic carbocycles. The number of sulfonamides is 1. The summed E-state index contributed by atoms with van der Waals surface area (Å²) in [5, 5.41) is 15.3. The molecule has 0 saturated carbocycles. The van der Waals surface area contributed by atoms with Gasteiger partial charge in [-0.05, 0) is 35.9 Å².